The molecule has 1 heterocycles. The van der Waals surface area contributed by atoms with Crippen LogP contribution in [0.3, 0.4) is 0 Å². The summed E-state index contributed by atoms with van der Waals surface area (Å²) in [6.45, 7) is 1.96. The second-order valence-electron chi connectivity index (χ2n) is 5.57. The fourth-order valence-corrected chi connectivity index (χ4v) is 3.20. The highest BCUT2D eigenvalue weighted by molar-refractivity contribution is 7.22. The monoisotopic (exact) mass is 354 g/mol. The van der Waals surface area contributed by atoms with Crippen LogP contribution >= 0.6 is 11.3 Å². The van der Waals surface area contributed by atoms with Crippen molar-refractivity contribution in [1.82, 2.24) is 4.98 Å². The van der Waals surface area contributed by atoms with E-state index in [0.29, 0.717) is 35.9 Å². The maximum Gasteiger partial charge on any atom is 0.226 e. The van der Waals surface area contributed by atoms with Crippen molar-refractivity contribution in [2.45, 2.75) is 19.8 Å². The van der Waals surface area contributed by atoms with Crippen LogP contribution in [0.2, 0.25) is 0 Å². The molecule has 0 unspecified atom stereocenters. The number of fused-ring (bicyclic) bond motifs is 1. The summed E-state index contributed by atoms with van der Waals surface area (Å²) in [5, 5.41) is 3.44. The molecule has 0 aliphatic rings. The van der Waals surface area contributed by atoms with E-state index >= 15 is 0 Å². The Labute approximate surface area is 149 Å². The number of carbonyl (C=O) groups excluding carboxylic acids is 2. The lowest BCUT2D eigenvalue weighted by Crippen LogP contribution is -2.12. The van der Waals surface area contributed by atoms with E-state index in [0.717, 1.165) is 10.2 Å². The lowest BCUT2D eigenvalue weighted by atomic mass is 10.1. The Morgan fingerprint density at radius 1 is 1.12 bits per heavy atom. The van der Waals surface area contributed by atoms with Gasteiger partial charge in [-0.15, -0.1) is 0 Å². The maximum absolute atomic E-state index is 12.0. The van der Waals surface area contributed by atoms with Crippen LogP contribution in [0.25, 0.3) is 10.2 Å². The third-order valence-electron chi connectivity index (χ3n) is 3.62. The molecule has 6 heteroatoms. The zero-order valence-electron chi connectivity index (χ0n) is 13.8. The van der Waals surface area contributed by atoms with Crippen molar-refractivity contribution in [1.29, 1.82) is 0 Å². The number of nitrogens with zero attached hydrogens (tertiary/aromatic N) is 1. The second-order valence-corrected chi connectivity index (χ2v) is 6.60. The number of thiazole rings is 1. The number of nitrogens with one attached hydrogen (secondary N) is 1. The highest BCUT2D eigenvalue weighted by atomic mass is 32.1. The molecule has 3 rings (SSSR count). The second kappa shape index (κ2) is 7.90. The fourth-order valence-electron chi connectivity index (χ4n) is 2.32. The summed E-state index contributed by atoms with van der Waals surface area (Å²) < 4.78 is 6.64. The molecule has 1 aromatic heterocycles. The molecular weight excluding hydrogens is 336 g/mol. The van der Waals surface area contributed by atoms with Gasteiger partial charge in [0.15, 0.2) is 10.9 Å². The lowest BCUT2D eigenvalue weighted by molar-refractivity contribution is -0.116. The van der Waals surface area contributed by atoms with Crippen LogP contribution in [-0.4, -0.2) is 23.3 Å². The molecule has 0 atom stereocenters. The average Bonchev–Trinajstić information content (AvgIpc) is 3.01. The van der Waals surface area contributed by atoms with E-state index in [9.17, 15) is 9.59 Å². The Balaban J connectivity index is 1.42. The van der Waals surface area contributed by atoms with E-state index in [2.05, 4.69) is 10.3 Å². The summed E-state index contributed by atoms with van der Waals surface area (Å²) in [7, 11) is 0. The van der Waals surface area contributed by atoms with Crippen molar-refractivity contribution in [3.8, 4) is 5.75 Å². The summed E-state index contributed by atoms with van der Waals surface area (Å²) in [6, 6.07) is 14.8. The number of Topliss-reactive ketones (excluding diaryl/α,β-unsaturated/α-hetero) is 1. The first kappa shape index (κ1) is 17.1. The van der Waals surface area contributed by atoms with Crippen molar-refractivity contribution in [2.75, 3.05) is 11.9 Å². The van der Waals surface area contributed by atoms with Gasteiger partial charge in [-0.3, -0.25) is 9.59 Å². The number of para-hydroxylation sites is 1. The number of ketones is 1. The molecule has 5 nitrogen and oxygen atoms in total. The van der Waals surface area contributed by atoms with Crippen LogP contribution in [0.1, 0.15) is 30.1 Å². The zero-order valence-corrected chi connectivity index (χ0v) is 14.6. The highest BCUT2D eigenvalue weighted by Gasteiger charge is 2.07. The molecule has 128 valence electrons. The number of ether oxygens (including phenoxy) is 1. The van der Waals surface area contributed by atoms with Crippen LogP contribution in [-0.2, 0) is 4.79 Å². The van der Waals surface area contributed by atoms with Crippen LogP contribution in [0, 0.1) is 0 Å². The third-order valence-corrected chi connectivity index (χ3v) is 4.57. The average molecular weight is 354 g/mol. The zero-order chi connectivity index (χ0) is 17.6. The van der Waals surface area contributed by atoms with E-state index in [1.165, 1.54) is 18.3 Å². The van der Waals surface area contributed by atoms with Gasteiger partial charge in [-0.05, 0) is 49.7 Å². The number of amides is 1. The molecule has 0 fully saturated rings. The Morgan fingerprint density at radius 2 is 1.88 bits per heavy atom. The van der Waals surface area contributed by atoms with Gasteiger partial charge in [0, 0.05) is 12.0 Å². The first-order valence-corrected chi connectivity index (χ1v) is 8.83. The summed E-state index contributed by atoms with van der Waals surface area (Å²) in [4.78, 5) is 27.6. The first-order valence-electron chi connectivity index (χ1n) is 8.01. The SMILES string of the molecule is CC(=O)c1ccc(OCCCC(=O)Nc2nc3ccccc3s2)cc1. The molecule has 0 spiro atoms. The van der Waals surface area contributed by atoms with Gasteiger partial charge in [-0.25, -0.2) is 4.98 Å². The van der Waals surface area contributed by atoms with Crippen LogP contribution in [0.5, 0.6) is 5.75 Å². The molecule has 0 saturated heterocycles. The van der Waals surface area contributed by atoms with Gasteiger partial charge in [0.1, 0.15) is 5.75 Å². The van der Waals surface area contributed by atoms with Crippen LogP contribution in [0.4, 0.5) is 5.13 Å². The quantitative estimate of drug-likeness (QED) is 0.507. The van der Waals surface area contributed by atoms with Gasteiger partial charge in [0.2, 0.25) is 5.91 Å². The van der Waals surface area contributed by atoms with Gasteiger partial charge in [-0.1, -0.05) is 23.5 Å². The van der Waals surface area contributed by atoms with Gasteiger partial charge >= 0.3 is 0 Å². The molecule has 1 N–H and O–H groups in total. The largest absolute Gasteiger partial charge is 0.494 e. The minimum Gasteiger partial charge on any atom is -0.494 e. The summed E-state index contributed by atoms with van der Waals surface area (Å²) in [5.41, 5.74) is 1.54. The van der Waals surface area contributed by atoms with Crippen molar-refractivity contribution in [3.05, 3.63) is 54.1 Å². The molecule has 0 aliphatic carbocycles. The maximum atomic E-state index is 12.0. The molecule has 2 aromatic carbocycles. The lowest BCUT2D eigenvalue weighted by Gasteiger charge is -2.06. The van der Waals surface area contributed by atoms with E-state index in [4.69, 9.17) is 4.74 Å². The Kier molecular flexibility index (Phi) is 5.40. The number of benzene rings is 2. The number of carbonyl (C=O) groups is 2. The predicted molar refractivity (Wildman–Crippen MR) is 99.4 cm³/mol. The van der Waals surface area contributed by atoms with Crippen molar-refractivity contribution >= 4 is 38.4 Å². The number of hydrogen-bond donors (Lipinski definition) is 1. The van der Waals surface area contributed by atoms with Gasteiger partial charge in [0.25, 0.3) is 0 Å². The van der Waals surface area contributed by atoms with Gasteiger partial charge in [0.05, 0.1) is 16.8 Å². The van der Waals surface area contributed by atoms with Crippen LogP contribution < -0.4 is 10.1 Å². The third kappa shape index (κ3) is 4.64. The number of rotatable bonds is 7. The van der Waals surface area contributed by atoms with Crippen molar-refractivity contribution < 1.29 is 14.3 Å². The van der Waals surface area contributed by atoms with E-state index < -0.39 is 0 Å². The van der Waals surface area contributed by atoms with E-state index in [1.54, 1.807) is 24.3 Å². The molecule has 0 aliphatic heterocycles. The predicted octanol–water partition coefficient (Wildman–Crippen LogP) is 4.30. The smallest absolute Gasteiger partial charge is 0.226 e. The number of anilines is 1. The number of hydrogen-bond acceptors (Lipinski definition) is 5. The van der Waals surface area contributed by atoms with E-state index in [1.807, 2.05) is 24.3 Å². The minimum atomic E-state index is -0.0745. The molecule has 1 amide bonds. The Bertz CT molecular complexity index is 854. The van der Waals surface area contributed by atoms with E-state index in [-0.39, 0.29) is 11.7 Å². The highest BCUT2D eigenvalue weighted by Crippen LogP contribution is 2.25. The first-order chi connectivity index (χ1) is 12.1. The number of aromatic nitrogens is 1. The van der Waals surface area contributed by atoms with Gasteiger partial charge < -0.3 is 10.1 Å². The van der Waals surface area contributed by atoms with Gasteiger partial charge in [-0.2, -0.15) is 0 Å². The molecule has 0 bridgehead atoms. The summed E-state index contributed by atoms with van der Waals surface area (Å²) in [5.74, 6) is 0.643. The fraction of sp³-hybridized carbons (Fsp3) is 0.211. The van der Waals surface area contributed by atoms with Crippen LogP contribution in [0.15, 0.2) is 48.5 Å². The Morgan fingerprint density at radius 3 is 2.60 bits per heavy atom. The molecule has 0 radical (unpaired) electrons. The topological polar surface area (TPSA) is 68.3 Å². The molecular formula is C19H18N2O3S. The Hall–Kier alpha value is -2.73. The summed E-state index contributed by atoms with van der Waals surface area (Å²) >= 11 is 1.46. The molecule has 3 aromatic rings. The normalized spacial score (nSPS) is 10.6. The summed E-state index contributed by atoms with van der Waals surface area (Å²) in [6.07, 6.45) is 0.965. The van der Waals surface area contributed by atoms with Crippen molar-refractivity contribution in [2.24, 2.45) is 0 Å². The molecule has 0 saturated carbocycles. The standard InChI is InChI=1S/C19H18N2O3S/c1-13(22)14-8-10-15(11-9-14)24-12-4-7-18(23)21-19-20-16-5-2-3-6-17(16)25-19/h2-3,5-6,8-11H,4,7,12H2,1H3,(H,20,21,23). The van der Waals surface area contributed by atoms with Crippen molar-refractivity contribution in [3.63, 3.8) is 0 Å². The minimum absolute atomic E-state index is 0.0260. The molecule has 25 heavy (non-hydrogen) atoms.